The van der Waals surface area contributed by atoms with Gasteiger partial charge in [-0.25, -0.2) is 0 Å². The van der Waals surface area contributed by atoms with Gasteiger partial charge in [0, 0.05) is 3.57 Å². The van der Waals surface area contributed by atoms with Gasteiger partial charge < -0.3 is 10.8 Å². The Morgan fingerprint density at radius 1 is 1.50 bits per heavy atom. The molecular formula is C9H12INO. The summed E-state index contributed by atoms with van der Waals surface area (Å²) in [7, 11) is 0. The highest BCUT2D eigenvalue weighted by atomic mass is 127. The van der Waals surface area contributed by atoms with E-state index in [4.69, 9.17) is 5.73 Å². The van der Waals surface area contributed by atoms with Gasteiger partial charge in [-0.3, -0.25) is 0 Å². The number of halogens is 1. The fourth-order valence-corrected chi connectivity index (χ4v) is 1.56. The summed E-state index contributed by atoms with van der Waals surface area (Å²) in [6.07, 6.45) is -0.497. The maximum Gasteiger partial charge on any atom is 0.0704 e. The number of nitrogens with two attached hydrogens (primary N) is 1. The zero-order valence-electron chi connectivity index (χ0n) is 6.87. The molecule has 0 aliphatic heterocycles. The minimum Gasteiger partial charge on any atom is -0.391 e. The maximum atomic E-state index is 9.24. The van der Waals surface area contributed by atoms with Crippen LogP contribution in [0.15, 0.2) is 24.3 Å². The molecule has 0 aromatic heterocycles. The van der Waals surface area contributed by atoms with Crippen LogP contribution in [-0.2, 0) is 0 Å². The van der Waals surface area contributed by atoms with Crippen molar-refractivity contribution in [3.63, 3.8) is 0 Å². The molecular weight excluding hydrogens is 265 g/mol. The SMILES string of the molecule is C[C@H](O)[C@H](N)c1cccc(I)c1. The second-order valence-corrected chi connectivity index (χ2v) is 4.07. The van der Waals surface area contributed by atoms with Gasteiger partial charge in [0.15, 0.2) is 0 Å². The monoisotopic (exact) mass is 277 g/mol. The van der Waals surface area contributed by atoms with Crippen LogP contribution in [0.2, 0.25) is 0 Å². The van der Waals surface area contributed by atoms with Crippen molar-refractivity contribution in [2.45, 2.75) is 19.1 Å². The largest absolute Gasteiger partial charge is 0.391 e. The third-order valence-electron chi connectivity index (χ3n) is 1.75. The zero-order chi connectivity index (χ0) is 9.14. The minimum atomic E-state index is -0.497. The first-order valence-corrected chi connectivity index (χ1v) is 4.88. The summed E-state index contributed by atoms with van der Waals surface area (Å²) in [5.74, 6) is 0. The van der Waals surface area contributed by atoms with E-state index in [-0.39, 0.29) is 6.04 Å². The molecule has 0 spiro atoms. The van der Waals surface area contributed by atoms with Crippen molar-refractivity contribution in [3.8, 4) is 0 Å². The molecule has 1 rings (SSSR count). The van der Waals surface area contributed by atoms with Crippen molar-refractivity contribution in [1.29, 1.82) is 0 Å². The van der Waals surface area contributed by atoms with Crippen LogP contribution < -0.4 is 5.73 Å². The van der Waals surface area contributed by atoms with Crippen LogP contribution >= 0.6 is 22.6 Å². The Hall–Kier alpha value is -0.130. The van der Waals surface area contributed by atoms with E-state index in [0.717, 1.165) is 9.13 Å². The molecule has 0 heterocycles. The van der Waals surface area contributed by atoms with Gasteiger partial charge in [0.1, 0.15) is 0 Å². The summed E-state index contributed by atoms with van der Waals surface area (Å²) < 4.78 is 1.14. The van der Waals surface area contributed by atoms with E-state index in [1.54, 1.807) is 6.92 Å². The molecule has 1 aromatic rings. The van der Waals surface area contributed by atoms with Crippen molar-refractivity contribution in [2.24, 2.45) is 5.73 Å². The maximum absolute atomic E-state index is 9.24. The first-order chi connectivity index (χ1) is 5.61. The van der Waals surface area contributed by atoms with Gasteiger partial charge in [-0.05, 0) is 47.2 Å². The van der Waals surface area contributed by atoms with Crippen molar-refractivity contribution >= 4 is 22.6 Å². The molecule has 0 saturated heterocycles. The first kappa shape index (κ1) is 9.95. The van der Waals surface area contributed by atoms with E-state index in [0.29, 0.717) is 0 Å². The predicted molar refractivity (Wildman–Crippen MR) is 57.8 cm³/mol. The lowest BCUT2D eigenvalue weighted by molar-refractivity contribution is 0.164. The first-order valence-electron chi connectivity index (χ1n) is 3.80. The van der Waals surface area contributed by atoms with Crippen LogP contribution in [0.1, 0.15) is 18.5 Å². The molecule has 0 radical (unpaired) electrons. The van der Waals surface area contributed by atoms with Crippen molar-refractivity contribution in [2.75, 3.05) is 0 Å². The molecule has 1 aromatic carbocycles. The van der Waals surface area contributed by atoms with E-state index < -0.39 is 6.10 Å². The van der Waals surface area contributed by atoms with E-state index >= 15 is 0 Å². The Kier molecular flexibility index (Phi) is 3.49. The van der Waals surface area contributed by atoms with E-state index in [9.17, 15) is 5.11 Å². The topological polar surface area (TPSA) is 46.2 Å². The normalized spacial score (nSPS) is 15.7. The fraction of sp³-hybridized carbons (Fsp3) is 0.333. The third kappa shape index (κ3) is 2.43. The number of benzene rings is 1. The number of aliphatic hydroxyl groups excluding tert-OH is 1. The molecule has 12 heavy (non-hydrogen) atoms. The van der Waals surface area contributed by atoms with E-state index in [1.165, 1.54) is 0 Å². The summed E-state index contributed by atoms with van der Waals surface area (Å²) in [6, 6.07) is 7.58. The molecule has 2 nitrogen and oxygen atoms in total. The van der Waals surface area contributed by atoms with Crippen LogP contribution in [0.3, 0.4) is 0 Å². The van der Waals surface area contributed by atoms with E-state index in [1.807, 2.05) is 24.3 Å². The average molecular weight is 277 g/mol. The summed E-state index contributed by atoms with van der Waals surface area (Å²) in [6.45, 7) is 1.70. The second-order valence-electron chi connectivity index (χ2n) is 2.82. The Labute approximate surface area is 85.9 Å². The summed E-state index contributed by atoms with van der Waals surface area (Å²) in [5.41, 5.74) is 6.74. The van der Waals surface area contributed by atoms with Crippen LogP contribution in [0, 0.1) is 3.57 Å². The van der Waals surface area contributed by atoms with Gasteiger partial charge in [0.25, 0.3) is 0 Å². The lowest BCUT2D eigenvalue weighted by Gasteiger charge is -2.14. The van der Waals surface area contributed by atoms with Gasteiger partial charge in [-0.15, -0.1) is 0 Å². The quantitative estimate of drug-likeness (QED) is 0.808. The Morgan fingerprint density at radius 3 is 2.67 bits per heavy atom. The molecule has 3 heteroatoms. The molecule has 0 unspecified atom stereocenters. The molecule has 0 aliphatic carbocycles. The van der Waals surface area contributed by atoms with Crippen LogP contribution in [0.5, 0.6) is 0 Å². The van der Waals surface area contributed by atoms with Gasteiger partial charge in [0.05, 0.1) is 12.1 Å². The lowest BCUT2D eigenvalue weighted by Crippen LogP contribution is -2.23. The van der Waals surface area contributed by atoms with E-state index in [2.05, 4.69) is 22.6 Å². The van der Waals surface area contributed by atoms with Crippen LogP contribution in [0.4, 0.5) is 0 Å². The third-order valence-corrected chi connectivity index (χ3v) is 2.42. The van der Waals surface area contributed by atoms with Gasteiger partial charge in [-0.1, -0.05) is 12.1 Å². The molecule has 3 N–H and O–H groups in total. The lowest BCUT2D eigenvalue weighted by atomic mass is 10.0. The number of aliphatic hydroxyl groups is 1. The number of hydrogen-bond donors (Lipinski definition) is 2. The van der Waals surface area contributed by atoms with Gasteiger partial charge in [0.2, 0.25) is 0 Å². The summed E-state index contributed by atoms with van der Waals surface area (Å²) >= 11 is 2.22. The summed E-state index contributed by atoms with van der Waals surface area (Å²) in [5, 5.41) is 9.24. The average Bonchev–Trinajstić information content (AvgIpc) is 2.03. The Balaban J connectivity index is 2.88. The highest BCUT2D eigenvalue weighted by molar-refractivity contribution is 14.1. The Morgan fingerprint density at radius 2 is 2.17 bits per heavy atom. The highest BCUT2D eigenvalue weighted by Crippen LogP contribution is 2.16. The van der Waals surface area contributed by atoms with Crippen LogP contribution in [-0.4, -0.2) is 11.2 Å². The second kappa shape index (κ2) is 4.20. The zero-order valence-corrected chi connectivity index (χ0v) is 9.02. The van der Waals surface area contributed by atoms with Crippen molar-refractivity contribution < 1.29 is 5.11 Å². The molecule has 0 amide bonds. The number of rotatable bonds is 2. The van der Waals surface area contributed by atoms with Crippen LogP contribution in [0.25, 0.3) is 0 Å². The standard InChI is InChI=1S/C9H12INO/c1-6(12)9(11)7-3-2-4-8(10)5-7/h2-6,9,12H,11H2,1H3/t6-,9-/m0/s1. The smallest absolute Gasteiger partial charge is 0.0704 e. The highest BCUT2D eigenvalue weighted by Gasteiger charge is 2.11. The van der Waals surface area contributed by atoms with Crippen molar-refractivity contribution in [1.82, 2.24) is 0 Å². The van der Waals surface area contributed by atoms with Gasteiger partial charge >= 0.3 is 0 Å². The Bertz CT molecular complexity index is 262. The van der Waals surface area contributed by atoms with Gasteiger partial charge in [-0.2, -0.15) is 0 Å². The van der Waals surface area contributed by atoms with Crippen molar-refractivity contribution in [3.05, 3.63) is 33.4 Å². The fourth-order valence-electron chi connectivity index (χ4n) is 0.992. The molecule has 0 bridgehead atoms. The molecule has 0 fully saturated rings. The predicted octanol–water partition coefficient (Wildman–Crippen LogP) is 1.67. The minimum absolute atomic E-state index is 0.278. The molecule has 2 atom stereocenters. The number of hydrogen-bond acceptors (Lipinski definition) is 2. The summed E-state index contributed by atoms with van der Waals surface area (Å²) in [4.78, 5) is 0. The molecule has 0 aliphatic rings. The molecule has 66 valence electrons. The molecule has 0 saturated carbocycles.